The van der Waals surface area contributed by atoms with Gasteiger partial charge in [-0.3, -0.25) is 0 Å². The number of carbonyl (C=O) groups is 1. The molecule has 0 radical (unpaired) electrons. The van der Waals surface area contributed by atoms with E-state index in [1.165, 1.54) is 0 Å². The predicted molar refractivity (Wildman–Crippen MR) is 47.5 cm³/mol. The highest BCUT2D eigenvalue weighted by Gasteiger charge is 1.91. The van der Waals surface area contributed by atoms with E-state index in [2.05, 4.69) is 5.92 Å². The molecule has 0 aromatic carbocycles. The molecule has 0 aliphatic rings. The second-order valence-corrected chi connectivity index (χ2v) is 2.65. The smallest absolute Gasteiger partial charge is 0.381 e. The number of rotatable bonds is 3. The average Bonchev–Trinajstić information content (AvgIpc) is 1.87. The van der Waals surface area contributed by atoms with Gasteiger partial charge in [-0.2, -0.15) is 0 Å². The van der Waals surface area contributed by atoms with Crippen LogP contribution in [-0.4, -0.2) is 15.9 Å². The molecule has 0 atom stereocenters. The van der Waals surface area contributed by atoms with Crippen molar-refractivity contribution in [2.24, 2.45) is 0 Å². The minimum Gasteiger partial charge on any atom is -0.472 e. The Morgan fingerprint density at radius 1 is 1.64 bits per heavy atom. The fourth-order valence-electron chi connectivity index (χ4n) is 0.586. The van der Waals surface area contributed by atoms with E-state index in [0.717, 1.165) is 17.7 Å². The fourth-order valence-corrected chi connectivity index (χ4v) is 0.862. The largest absolute Gasteiger partial charge is 0.472 e. The lowest BCUT2D eigenvalue weighted by atomic mass is 10.2. The first kappa shape index (κ1) is 10.1. The lowest BCUT2D eigenvalue weighted by molar-refractivity contribution is -0.130. The van der Waals surface area contributed by atoms with Gasteiger partial charge in [0.05, 0.1) is 0 Å². The van der Waals surface area contributed by atoms with Crippen LogP contribution in [0.15, 0.2) is 0 Å². The highest BCUT2D eigenvalue weighted by Crippen LogP contribution is 1.95. The summed E-state index contributed by atoms with van der Waals surface area (Å²) in [5, 5.41) is 8.14. The monoisotopic (exact) mass is 170 g/mol. The summed E-state index contributed by atoms with van der Waals surface area (Å²) in [6.07, 6.45) is 2.27. The van der Waals surface area contributed by atoms with Crippen LogP contribution in [0, 0.1) is 11.8 Å². The summed E-state index contributed by atoms with van der Waals surface area (Å²) >= 11 is 4.91. The second-order valence-electron chi connectivity index (χ2n) is 2.07. The molecule has 0 unspecified atom stereocenters. The molecule has 0 aliphatic carbocycles. The summed E-state index contributed by atoms with van der Waals surface area (Å²) in [7, 11) is 0. The summed E-state index contributed by atoms with van der Waals surface area (Å²) < 4.78 is 0. The molecular weight excluding hydrogens is 160 g/mol. The van der Waals surface area contributed by atoms with E-state index < -0.39 is 5.97 Å². The first-order valence-corrected chi connectivity index (χ1v) is 3.81. The van der Waals surface area contributed by atoms with E-state index in [0.29, 0.717) is 6.42 Å². The van der Waals surface area contributed by atoms with Gasteiger partial charge in [0.1, 0.15) is 0 Å². The van der Waals surface area contributed by atoms with Crippen LogP contribution >= 0.6 is 12.2 Å². The molecule has 0 spiro atoms. The first-order chi connectivity index (χ1) is 5.16. The molecule has 0 aromatic heterocycles. The molecule has 0 saturated heterocycles. The minimum atomic E-state index is -1.09. The van der Waals surface area contributed by atoms with E-state index in [-0.39, 0.29) is 0 Å². The molecule has 3 heteroatoms. The predicted octanol–water partition coefficient (Wildman–Crippen LogP) is 1.63. The fraction of sp³-hybridized carbons (Fsp3) is 0.500. The maximum atomic E-state index is 9.92. The number of thiocarbonyl (C=S) groups is 1. The Hall–Kier alpha value is -0.880. The van der Waals surface area contributed by atoms with Crippen molar-refractivity contribution in [3.8, 4) is 11.8 Å². The summed E-state index contributed by atoms with van der Waals surface area (Å²) in [5.74, 6) is 3.40. The van der Waals surface area contributed by atoms with Gasteiger partial charge >= 0.3 is 5.97 Å². The van der Waals surface area contributed by atoms with Crippen LogP contribution in [0.3, 0.4) is 0 Å². The molecule has 0 rings (SSSR count). The van der Waals surface area contributed by atoms with Crippen molar-refractivity contribution >= 4 is 23.1 Å². The van der Waals surface area contributed by atoms with Crippen LogP contribution in [0.25, 0.3) is 0 Å². The third kappa shape index (κ3) is 7.01. The molecule has 0 aromatic rings. The van der Waals surface area contributed by atoms with Gasteiger partial charge in [0.25, 0.3) is 0 Å². The summed E-state index contributed by atoms with van der Waals surface area (Å²) in [5.41, 5.74) is 0. The van der Waals surface area contributed by atoms with E-state index in [9.17, 15) is 4.79 Å². The number of hydrogen-bond donors (Lipinski definition) is 1. The maximum Gasteiger partial charge on any atom is 0.381 e. The molecule has 0 amide bonds. The minimum absolute atomic E-state index is 0.426. The Labute approximate surface area is 71.6 Å². The van der Waals surface area contributed by atoms with Crippen molar-refractivity contribution in [2.75, 3.05) is 0 Å². The summed E-state index contributed by atoms with van der Waals surface area (Å²) in [6, 6.07) is 0. The van der Waals surface area contributed by atoms with Gasteiger partial charge < -0.3 is 5.11 Å². The van der Waals surface area contributed by atoms with Crippen LogP contribution in [-0.2, 0) is 4.79 Å². The van der Waals surface area contributed by atoms with Gasteiger partial charge in [0.15, 0.2) is 0 Å². The molecule has 0 saturated carbocycles. The molecule has 2 nitrogen and oxygen atoms in total. The van der Waals surface area contributed by atoms with Gasteiger partial charge in [-0.1, -0.05) is 31.5 Å². The van der Waals surface area contributed by atoms with Crippen molar-refractivity contribution < 1.29 is 9.90 Å². The van der Waals surface area contributed by atoms with Crippen LogP contribution in [0.5, 0.6) is 0 Å². The Balaban J connectivity index is 3.64. The molecule has 60 valence electrons. The number of aliphatic carboxylic acids is 1. The Morgan fingerprint density at radius 2 is 2.27 bits per heavy atom. The van der Waals surface area contributed by atoms with Crippen LogP contribution < -0.4 is 0 Å². The SMILES string of the molecule is CCCC(=S)CC#CC(=O)O. The van der Waals surface area contributed by atoms with Gasteiger partial charge in [0.2, 0.25) is 0 Å². The Morgan fingerprint density at radius 3 is 2.73 bits per heavy atom. The van der Waals surface area contributed by atoms with Gasteiger partial charge in [-0.05, 0) is 6.42 Å². The maximum absolute atomic E-state index is 9.92. The van der Waals surface area contributed by atoms with E-state index in [1.54, 1.807) is 0 Å². The number of carboxylic acid groups (broad SMARTS) is 1. The van der Waals surface area contributed by atoms with E-state index in [1.807, 2.05) is 12.8 Å². The Kier molecular flexibility index (Phi) is 5.40. The standard InChI is InChI=1S/C8H10O2S/c1-2-4-7(11)5-3-6-8(9)10/h2,4-5H2,1H3,(H,9,10). The third-order valence-electron chi connectivity index (χ3n) is 1.01. The molecular formula is C8H10O2S. The van der Waals surface area contributed by atoms with Crippen LogP contribution in [0.2, 0.25) is 0 Å². The zero-order chi connectivity index (χ0) is 8.69. The highest BCUT2D eigenvalue weighted by molar-refractivity contribution is 7.80. The second kappa shape index (κ2) is 5.87. The van der Waals surface area contributed by atoms with E-state index >= 15 is 0 Å². The van der Waals surface area contributed by atoms with Crippen molar-refractivity contribution in [3.63, 3.8) is 0 Å². The van der Waals surface area contributed by atoms with Crippen molar-refractivity contribution in [1.82, 2.24) is 0 Å². The Bertz CT molecular complexity index is 210. The van der Waals surface area contributed by atoms with E-state index in [4.69, 9.17) is 17.3 Å². The van der Waals surface area contributed by atoms with Crippen LogP contribution in [0.1, 0.15) is 26.2 Å². The van der Waals surface area contributed by atoms with Crippen molar-refractivity contribution in [1.29, 1.82) is 0 Å². The highest BCUT2D eigenvalue weighted by atomic mass is 32.1. The topological polar surface area (TPSA) is 37.3 Å². The average molecular weight is 170 g/mol. The molecule has 0 fully saturated rings. The van der Waals surface area contributed by atoms with Gasteiger partial charge in [0, 0.05) is 17.2 Å². The zero-order valence-corrected chi connectivity index (χ0v) is 7.20. The van der Waals surface area contributed by atoms with Gasteiger partial charge in [-0.15, -0.1) is 0 Å². The number of carboxylic acids is 1. The number of hydrogen-bond acceptors (Lipinski definition) is 2. The normalized spacial score (nSPS) is 8.09. The molecule has 0 heterocycles. The van der Waals surface area contributed by atoms with Crippen LogP contribution in [0.4, 0.5) is 0 Å². The van der Waals surface area contributed by atoms with Crippen molar-refractivity contribution in [2.45, 2.75) is 26.2 Å². The zero-order valence-electron chi connectivity index (χ0n) is 6.39. The first-order valence-electron chi connectivity index (χ1n) is 3.40. The molecule has 1 N–H and O–H groups in total. The lowest BCUT2D eigenvalue weighted by Crippen LogP contribution is -1.92. The summed E-state index contributed by atoms with van der Waals surface area (Å²) in [6.45, 7) is 2.02. The quantitative estimate of drug-likeness (QED) is 0.516. The third-order valence-corrected chi connectivity index (χ3v) is 1.36. The molecule has 0 aliphatic heterocycles. The molecule has 11 heavy (non-hydrogen) atoms. The lowest BCUT2D eigenvalue weighted by Gasteiger charge is -1.91. The summed E-state index contributed by atoms with van der Waals surface area (Å²) in [4.78, 5) is 10.8. The molecule has 0 bridgehead atoms. The van der Waals surface area contributed by atoms with Gasteiger partial charge in [-0.25, -0.2) is 4.79 Å². The van der Waals surface area contributed by atoms with Crippen molar-refractivity contribution in [3.05, 3.63) is 0 Å².